The lowest BCUT2D eigenvalue weighted by Crippen LogP contribution is -2.25. The Kier molecular flexibility index (Phi) is 7.11. The number of aryl methyl sites for hydroxylation is 1. The van der Waals surface area contributed by atoms with Gasteiger partial charge in [-0.25, -0.2) is 9.97 Å². The van der Waals surface area contributed by atoms with Gasteiger partial charge in [0.25, 0.3) is 11.8 Å². The van der Waals surface area contributed by atoms with Gasteiger partial charge in [0, 0.05) is 42.2 Å². The third-order valence-electron chi connectivity index (χ3n) is 6.19. The summed E-state index contributed by atoms with van der Waals surface area (Å²) in [4.78, 5) is 33.9. The van der Waals surface area contributed by atoms with E-state index in [1.807, 2.05) is 6.92 Å². The molecule has 0 radical (unpaired) electrons. The number of carbonyl (C=O) groups excluding carboxylic acids is 2. The third-order valence-corrected chi connectivity index (χ3v) is 6.19. The Bertz CT molecular complexity index is 1580. The van der Waals surface area contributed by atoms with Crippen LogP contribution in [0.2, 0.25) is 0 Å². The van der Waals surface area contributed by atoms with E-state index in [2.05, 4.69) is 36.3 Å². The van der Waals surface area contributed by atoms with Crippen LogP contribution in [0.15, 0.2) is 60.9 Å². The van der Waals surface area contributed by atoms with Gasteiger partial charge in [0.1, 0.15) is 18.0 Å². The number of halogens is 3. The molecular weight excluding hydrogens is 525 g/mol. The SMILES string of the molecule is CNc1cc(-n2nc(C(=O)NC3CC3)cc2Nc2cc(NC(=O)c3cccc(C(F)(F)F)c3)ccc2C)ncn1. The maximum atomic E-state index is 13.1. The summed E-state index contributed by atoms with van der Waals surface area (Å²) in [6.45, 7) is 1.84. The largest absolute Gasteiger partial charge is 0.416 e. The van der Waals surface area contributed by atoms with E-state index in [1.165, 1.54) is 23.1 Å². The van der Waals surface area contributed by atoms with Crippen molar-refractivity contribution in [3.63, 3.8) is 0 Å². The molecule has 0 saturated heterocycles. The Hall–Kier alpha value is -4.94. The molecule has 10 nitrogen and oxygen atoms in total. The molecule has 2 aromatic carbocycles. The summed E-state index contributed by atoms with van der Waals surface area (Å²) in [6, 6.07) is 12.6. The van der Waals surface area contributed by atoms with Crippen molar-refractivity contribution in [2.24, 2.45) is 0 Å². The van der Waals surface area contributed by atoms with Crippen molar-refractivity contribution in [1.82, 2.24) is 25.1 Å². The van der Waals surface area contributed by atoms with Crippen LogP contribution in [0.3, 0.4) is 0 Å². The molecule has 0 atom stereocenters. The minimum Gasteiger partial charge on any atom is -0.373 e. The standard InChI is InChI=1S/C27H25F3N8O2/c1-15-6-7-19(35-25(39)16-4-3-5-17(10-16)27(28,29)30)11-20(15)36-24-12-21(26(40)34-18-8-9-18)37-38(24)23-13-22(31-2)32-14-33-23/h3-7,10-14,18,36H,8-9H2,1-2H3,(H,34,40)(H,35,39)(H,31,32,33). The number of amides is 2. The molecule has 40 heavy (non-hydrogen) atoms. The fourth-order valence-electron chi connectivity index (χ4n) is 3.85. The van der Waals surface area contributed by atoms with Gasteiger partial charge in [0.2, 0.25) is 0 Å². The smallest absolute Gasteiger partial charge is 0.373 e. The summed E-state index contributed by atoms with van der Waals surface area (Å²) in [5, 5.41) is 16.2. The summed E-state index contributed by atoms with van der Waals surface area (Å²) in [7, 11) is 1.71. The first-order valence-electron chi connectivity index (χ1n) is 12.4. The van der Waals surface area contributed by atoms with Crippen molar-refractivity contribution in [3.8, 4) is 5.82 Å². The molecule has 0 unspecified atom stereocenters. The van der Waals surface area contributed by atoms with E-state index in [0.29, 0.717) is 28.8 Å². The molecule has 1 saturated carbocycles. The summed E-state index contributed by atoms with van der Waals surface area (Å²) < 4.78 is 40.8. The maximum Gasteiger partial charge on any atom is 0.416 e. The van der Waals surface area contributed by atoms with Crippen molar-refractivity contribution in [2.45, 2.75) is 32.0 Å². The van der Waals surface area contributed by atoms with Crippen molar-refractivity contribution < 1.29 is 22.8 Å². The van der Waals surface area contributed by atoms with Crippen molar-refractivity contribution >= 4 is 34.8 Å². The molecule has 206 valence electrons. The van der Waals surface area contributed by atoms with Crippen LogP contribution in [0.1, 0.15) is 44.8 Å². The number of carbonyl (C=O) groups is 2. The number of benzene rings is 2. The van der Waals surface area contributed by atoms with Crippen LogP contribution in [-0.4, -0.2) is 44.7 Å². The minimum absolute atomic E-state index is 0.126. The molecule has 1 aliphatic rings. The van der Waals surface area contributed by atoms with Gasteiger partial charge in [0.15, 0.2) is 11.5 Å². The monoisotopic (exact) mass is 550 g/mol. The molecule has 1 aliphatic carbocycles. The van der Waals surface area contributed by atoms with Gasteiger partial charge >= 0.3 is 6.18 Å². The Morgan fingerprint density at radius 1 is 1.00 bits per heavy atom. The second kappa shape index (κ2) is 10.7. The van der Waals surface area contributed by atoms with Gasteiger partial charge < -0.3 is 21.3 Å². The Morgan fingerprint density at radius 2 is 1.80 bits per heavy atom. The summed E-state index contributed by atoms with van der Waals surface area (Å²) in [5.41, 5.74) is 0.872. The van der Waals surface area contributed by atoms with E-state index in [-0.39, 0.29) is 23.2 Å². The second-order valence-corrected chi connectivity index (χ2v) is 9.27. The van der Waals surface area contributed by atoms with E-state index >= 15 is 0 Å². The highest BCUT2D eigenvalue weighted by Crippen LogP contribution is 2.30. The molecule has 4 aromatic rings. The van der Waals surface area contributed by atoms with Gasteiger partial charge in [-0.3, -0.25) is 9.59 Å². The normalized spacial score (nSPS) is 13.0. The predicted molar refractivity (Wildman–Crippen MR) is 143 cm³/mol. The van der Waals surface area contributed by atoms with Crippen LogP contribution < -0.4 is 21.3 Å². The van der Waals surface area contributed by atoms with E-state index in [9.17, 15) is 22.8 Å². The third kappa shape index (κ3) is 6.03. The first-order chi connectivity index (χ1) is 19.1. The molecule has 0 bridgehead atoms. The number of hydrogen-bond acceptors (Lipinski definition) is 7. The highest BCUT2D eigenvalue weighted by Gasteiger charge is 2.31. The molecule has 2 aromatic heterocycles. The van der Waals surface area contributed by atoms with Gasteiger partial charge in [0.05, 0.1) is 5.56 Å². The highest BCUT2D eigenvalue weighted by atomic mass is 19.4. The number of nitrogens with one attached hydrogen (secondary N) is 4. The summed E-state index contributed by atoms with van der Waals surface area (Å²) in [5.74, 6) is 0.368. The zero-order chi connectivity index (χ0) is 28.4. The lowest BCUT2D eigenvalue weighted by Gasteiger charge is -2.14. The zero-order valence-corrected chi connectivity index (χ0v) is 21.5. The molecule has 0 aliphatic heterocycles. The average Bonchev–Trinajstić information content (AvgIpc) is 3.65. The summed E-state index contributed by atoms with van der Waals surface area (Å²) >= 11 is 0. The Labute approximate surface area is 227 Å². The summed E-state index contributed by atoms with van der Waals surface area (Å²) in [6.07, 6.45) is -1.35. The van der Waals surface area contributed by atoms with Gasteiger partial charge in [-0.05, 0) is 55.7 Å². The van der Waals surface area contributed by atoms with Crippen LogP contribution in [0.4, 0.5) is 36.2 Å². The van der Waals surface area contributed by atoms with Gasteiger partial charge in [-0.1, -0.05) is 12.1 Å². The van der Waals surface area contributed by atoms with Crippen LogP contribution in [0, 0.1) is 6.92 Å². The molecule has 2 amide bonds. The van der Waals surface area contributed by atoms with Crippen LogP contribution in [0.5, 0.6) is 0 Å². The highest BCUT2D eigenvalue weighted by molar-refractivity contribution is 6.04. The number of anilines is 4. The Morgan fingerprint density at radius 3 is 2.52 bits per heavy atom. The number of nitrogens with zero attached hydrogens (tertiary/aromatic N) is 4. The van der Waals surface area contributed by atoms with E-state index in [0.717, 1.165) is 30.5 Å². The second-order valence-electron chi connectivity index (χ2n) is 9.27. The molecule has 5 rings (SSSR count). The van der Waals surface area contributed by atoms with Crippen molar-refractivity contribution in [1.29, 1.82) is 0 Å². The van der Waals surface area contributed by atoms with E-state index < -0.39 is 17.6 Å². The Balaban J connectivity index is 1.43. The van der Waals surface area contributed by atoms with E-state index in [1.54, 1.807) is 37.4 Å². The predicted octanol–water partition coefficient (Wildman–Crippen LogP) is 4.92. The van der Waals surface area contributed by atoms with Crippen molar-refractivity contribution in [3.05, 3.63) is 83.3 Å². The fraction of sp³-hybridized carbons (Fsp3) is 0.222. The molecule has 4 N–H and O–H groups in total. The maximum absolute atomic E-state index is 13.1. The molecule has 2 heterocycles. The van der Waals surface area contributed by atoms with Crippen LogP contribution in [0.25, 0.3) is 5.82 Å². The van der Waals surface area contributed by atoms with Crippen LogP contribution >= 0.6 is 0 Å². The lowest BCUT2D eigenvalue weighted by molar-refractivity contribution is -0.137. The van der Waals surface area contributed by atoms with Crippen LogP contribution in [-0.2, 0) is 6.18 Å². The first-order valence-corrected chi connectivity index (χ1v) is 12.4. The molecular formula is C27H25F3N8O2. The number of aromatic nitrogens is 4. The molecule has 1 fully saturated rings. The first kappa shape index (κ1) is 26.7. The van der Waals surface area contributed by atoms with Gasteiger partial charge in [-0.2, -0.15) is 23.0 Å². The number of hydrogen-bond donors (Lipinski definition) is 4. The van der Waals surface area contributed by atoms with E-state index in [4.69, 9.17) is 0 Å². The zero-order valence-electron chi connectivity index (χ0n) is 21.5. The molecule has 13 heteroatoms. The minimum atomic E-state index is -4.56. The average molecular weight is 551 g/mol. The topological polar surface area (TPSA) is 126 Å². The fourth-order valence-corrected chi connectivity index (χ4v) is 3.85. The number of rotatable bonds is 8. The van der Waals surface area contributed by atoms with Crippen molar-refractivity contribution in [2.75, 3.05) is 23.0 Å². The van der Waals surface area contributed by atoms with Gasteiger partial charge in [-0.15, -0.1) is 0 Å². The quantitative estimate of drug-likeness (QED) is 0.245. The molecule has 0 spiro atoms. The number of alkyl halides is 3. The lowest BCUT2D eigenvalue weighted by atomic mass is 10.1.